The fourth-order valence-electron chi connectivity index (χ4n) is 2.26. The Balaban J connectivity index is 2.08. The normalized spacial score (nSPS) is 13.4. The van der Waals surface area contributed by atoms with Crippen molar-refractivity contribution >= 4 is 21.4 Å². The predicted octanol–water partition coefficient (Wildman–Crippen LogP) is 4.43. The van der Waals surface area contributed by atoms with Crippen molar-refractivity contribution in [3.63, 3.8) is 0 Å². The molecular formula is C15H21NS. The summed E-state index contributed by atoms with van der Waals surface area (Å²) in [7, 11) is 0. The Labute approximate surface area is 108 Å². The minimum Gasteiger partial charge on any atom is -0.310 e. The third-order valence-electron chi connectivity index (χ3n) is 3.36. The molecule has 0 fully saturated rings. The van der Waals surface area contributed by atoms with Crippen molar-refractivity contribution in [3.05, 3.63) is 35.2 Å². The van der Waals surface area contributed by atoms with E-state index in [1.165, 1.54) is 22.1 Å². The fraction of sp³-hybridized carbons (Fsp3) is 0.467. The Morgan fingerprint density at radius 2 is 2.00 bits per heavy atom. The van der Waals surface area contributed by atoms with Gasteiger partial charge in [0.2, 0.25) is 0 Å². The summed E-state index contributed by atoms with van der Waals surface area (Å²) in [5.74, 6) is 0.699. The van der Waals surface area contributed by atoms with Gasteiger partial charge in [-0.3, -0.25) is 0 Å². The van der Waals surface area contributed by atoms with Crippen molar-refractivity contribution in [2.45, 2.75) is 39.8 Å². The van der Waals surface area contributed by atoms with Crippen molar-refractivity contribution < 1.29 is 0 Å². The second-order valence-corrected chi connectivity index (χ2v) is 5.81. The zero-order valence-corrected chi connectivity index (χ0v) is 11.7. The van der Waals surface area contributed by atoms with E-state index in [0.29, 0.717) is 12.0 Å². The van der Waals surface area contributed by atoms with Gasteiger partial charge in [-0.15, -0.1) is 11.3 Å². The van der Waals surface area contributed by atoms with E-state index in [1.54, 1.807) is 0 Å². The predicted molar refractivity (Wildman–Crippen MR) is 77.6 cm³/mol. The molecule has 1 aromatic heterocycles. The highest BCUT2D eigenvalue weighted by Gasteiger charge is 2.11. The van der Waals surface area contributed by atoms with Crippen LogP contribution in [-0.2, 0) is 6.54 Å². The molecule has 0 aliphatic rings. The number of benzene rings is 1. The van der Waals surface area contributed by atoms with Gasteiger partial charge in [0.15, 0.2) is 0 Å². The molecule has 0 aliphatic heterocycles. The van der Waals surface area contributed by atoms with Crippen LogP contribution in [0.5, 0.6) is 0 Å². The van der Waals surface area contributed by atoms with E-state index < -0.39 is 0 Å². The van der Waals surface area contributed by atoms with Crippen LogP contribution in [0.25, 0.3) is 10.1 Å². The first kappa shape index (κ1) is 12.6. The highest BCUT2D eigenvalue weighted by atomic mass is 32.1. The van der Waals surface area contributed by atoms with Crippen molar-refractivity contribution in [1.82, 2.24) is 5.32 Å². The van der Waals surface area contributed by atoms with E-state index >= 15 is 0 Å². The lowest BCUT2D eigenvalue weighted by molar-refractivity contribution is 0.388. The van der Waals surface area contributed by atoms with Crippen LogP contribution in [0.2, 0.25) is 0 Å². The van der Waals surface area contributed by atoms with E-state index in [-0.39, 0.29) is 0 Å². The molecule has 0 radical (unpaired) electrons. The number of thiophene rings is 1. The summed E-state index contributed by atoms with van der Waals surface area (Å²) in [6.45, 7) is 7.81. The first-order valence-electron chi connectivity index (χ1n) is 6.41. The minimum atomic E-state index is 0.619. The molecule has 2 heteroatoms. The van der Waals surface area contributed by atoms with E-state index in [0.717, 1.165) is 6.54 Å². The van der Waals surface area contributed by atoms with Gasteiger partial charge in [0.1, 0.15) is 0 Å². The summed E-state index contributed by atoms with van der Waals surface area (Å²) in [6.07, 6.45) is 1.19. The van der Waals surface area contributed by atoms with Crippen LogP contribution in [0.3, 0.4) is 0 Å². The van der Waals surface area contributed by atoms with Gasteiger partial charge in [0.05, 0.1) is 0 Å². The SMILES string of the molecule is CCC(NCc1csc2ccccc12)C(C)C. The molecule has 0 saturated carbocycles. The van der Waals surface area contributed by atoms with E-state index in [2.05, 4.69) is 55.7 Å². The minimum absolute atomic E-state index is 0.619. The molecule has 1 heterocycles. The number of nitrogens with one attached hydrogen (secondary N) is 1. The first-order valence-corrected chi connectivity index (χ1v) is 7.28. The summed E-state index contributed by atoms with van der Waals surface area (Å²) in [4.78, 5) is 0. The zero-order valence-electron chi connectivity index (χ0n) is 10.9. The van der Waals surface area contributed by atoms with Gasteiger partial charge in [-0.25, -0.2) is 0 Å². The molecule has 1 nitrogen and oxygen atoms in total. The van der Waals surface area contributed by atoms with Gasteiger partial charge in [-0.05, 0) is 34.7 Å². The number of fused-ring (bicyclic) bond motifs is 1. The summed E-state index contributed by atoms with van der Waals surface area (Å²) >= 11 is 1.84. The van der Waals surface area contributed by atoms with Crippen LogP contribution in [-0.4, -0.2) is 6.04 Å². The molecule has 0 amide bonds. The second-order valence-electron chi connectivity index (χ2n) is 4.90. The van der Waals surface area contributed by atoms with Crippen molar-refractivity contribution in [3.8, 4) is 0 Å². The van der Waals surface area contributed by atoms with Crippen LogP contribution < -0.4 is 5.32 Å². The van der Waals surface area contributed by atoms with E-state index in [9.17, 15) is 0 Å². The lowest BCUT2D eigenvalue weighted by Gasteiger charge is -2.20. The van der Waals surface area contributed by atoms with Crippen molar-refractivity contribution in [1.29, 1.82) is 0 Å². The van der Waals surface area contributed by atoms with Crippen LogP contribution in [0.4, 0.5) is 0 Å². The topological polar surface area (TPSA) is 12.0 Å². The quantitative estimate of drug-likeness (QED) is 0.824. The third-order valence-corrected chi connectivity index (χ3v) is 4.37. The molecule has 92 valence electrons. The highest BCUT2D eigenvalue weighted by Crippen LogP contribution is 2.25. The average molecular weight is 247 g/mol. The fourth-order valence-corrected chi connectivity index (χ4v) is 3.22. The molecule has 0 saturated heterocycles. The number of hydrogen-bond acceptors (Lipinski definition) is 2. The molecule has 1 aromatic carbocycles. The van der Waals surface area contributed by atoms with Crippen LogP contribution in [0.15, 0.2) is 29.6 Å². The molecule has 1 atom stereocenters. The maximum absolute atomic E-state index is 3.67. The summed E-state index contributed by atoms with van der Waals surface area (Å²) in [6, 6.07) is 9.27. The molecular weight excluding hydrogens is 226 g/mol. The maximum Gasteiger partial charge on any atom is 0.0346 e. The Morgan fingerprint density at radius 1 is 1.24 bits per heavy atom. The summed E-state index contributed by atoms with van der Waals surface area (Å²) in [5, 5.41) is 7.36. The van der Waals surface area contributed by atoms with Gasteiger partial charge >= 0.3 is 0 Å². The lowest BCUT2D eigenvalue weighted by Crippen LogP contribution is -2.32. The molecule has 2 rings (SSSR count). The Kier molecular flexibility index (Phi) is 4.19. The molecule has 0 spiro atoms. The summed E-state index contributed by atoms with van der Waals surface area (Å²) < 4.78 is 1.39. The largest absolute Gasteiger partial charge is 0.310 e. The zero-order chi connectivity index (χ0) is 12.3. The van der Waals surface area contributed by atoms with Crippen LogP contribution in [0.1, 0.15) is 32.8 Å². The number of hydrogen-bond donors (Lipinski definition) is 1. The summed E-state index contributed by atoms with van der Waals surface area (Å²) in [5.41, 5.74) is 1.43. The van der Waals surface area contributed by atoms with Gasteiger partial charge < -0.3 is 5.32 Å². The number of rotatable bonds is 5. The standard InChI is InChI=1S/C15H21NS/c1-4-14(11(2)3)16-9-12-10-17-15-8-6-5-7-13(12)15/h5-8,10-11,14,16H,4,9H2,1-3H3. The molecule has 1 N–H and O–H groups in total. The van der Waals surface area contributed by atoms with Gasteiger partial charge in [0, 0.05) is 17.3 Å². The highest BCUT2D eigenvalue weighted by molar-refractivity contribution is 7.17. The smallest absolute Gasteiger partial charge is 0.0346 e. The van der Waals surface area contributed by atoms with Crippen molar-refractivity contribution in [2.75, 3.05) is 0 Å². The van der Waals surface area contributed by atoms with E-state index in [4.69, 9.17) is 0 Å². The molecule has 2 aromatic rings. The first-order chi connectivity index (χ1) is 8.22. The van der Waals surface area contributed by atoms with Gasteiger partial charge in [-0.2, -0.15) is 0 Å². The average Bonchev–Trinajstić information content (AvgIpc) is 2.73. The molecule has 0 bridgehead atoms. The lowest BCUT2D eigenvalue weighted by atomic mass is 10.0. The van der Waals surface area contributed by atoms with Crippen LogP contribution >= 0.6 is 11.3 Å². The Hall–Kier alpha value is -0.860. The van der Waals surface area contributed by atoms with E-state index in [1.807, 2.05) is 11.3 Å². The van der Waals surface area contributed by atoms with Crippen LogP contribution in [0, 0.1) is 5.92 Å². The molecule has 17 heavy (non-hydrogen) atoms. The maximum atomic E-state index is 3.67. The van der Waals surface area contributed by atoms with Crippen molar-refractivity contribution in [2.24, 2.45) is 5.92 Å². The molecule has 0 aliphatic carbocycles. The Bertz CT molecular complexity index is 472. The second kappa shape index (κ2) is 5.65. The van der Waals surface area contributed by atoms with Gasteiger partial charge in [0.25, 0.3) is 0 Å². The third kappa shape index (κ3) is 2.88. The monoisotopic (exact) mass is 247 g/mol. The molecule has 1 unspecified atom stereocenters. The Morgan fingerprint density at radius 3 is 2.71 bits per heavy atom. The van der Waals surface area contributed by atoms with Gasteiger partial charge in [-0.1, -0.05) is 39.0 Å².